The van der Waals surface area contributed by atoms with Gasteiger partial charge in [-0.2, -0.15) is 0 Å². The van der Waals surface area contributed by atoms with Gasteiger partial charge in [-0.1, -0.05) is 23.8 Å². The highest BCUT2D eigenvalue weighted by Crippen LogP contribution is 2.27. The molecule has 1 aliphatic rings. The molecule has 19 heavy (non-hydrogen) atoms. The predicted octanol–water partition coefficient (Wildman–Crippen LogP) is 2.48. The van der Waals surface area contributed by atoms with Crippen LogP contribution >= 0.6 is 0 Å². The number of aryl methyl sites for hydroxylation is 2. The van der Waals surface area contributed by atoms with E-state index in [1.807, 2.05) is 6.92 Å². The van der Waals surface area contributed by atoms with Crippen molar-refractivity contribution < 1.29 is 4.79 Å². The van der Waals surface area contributed by atoms with E-state index in [0.29, 0.717) is 0 Å². The lowest BCUT2D eigenvalue weighted by atomic mass is 9.88. The van der Waals surface area contributed by atoms with E-state index in [0.717, 1.165) is 19.5 Å². The third kappa shape index (κ3) is 2.98. The van der Waals surface area contributed by atoms with Crippen LogP contribution in [0.3, 0.4) is 0 Å². The van der Waals surface area contributed by atoms with E-state index in [-0.39, 0.29) is 17.4 Å². The first-order valence-corrected chi connectivity index (χ1v) is 7.01. The Labute approximate surface area is 115 Å². The molecule has 1 fully saturated rings. The van der Waals surface area contributed by atoms with Crippen LogP contribution in [0.1, 0.15) is 43.0 Å². The van der Waals surface area contributed by atoms with Gasteiger partial charge in [-0.05, 0) is 51.8 Å². The number of hydrogen-bond acceptors (Lipinski definition) is 2. The number of carbonyl (C=O) groups excluding carboxylic acids is 1. The molecule has 1 amide bonds. The third-order valence-corrected chi connectivity index (χ3v) is 4.17. The average molecular weight is 260 g/mol. The van der Waals surface area contributed by atoms with Crippen LogP contribution in [-0.4, -0.2) is 19.0 Å². The normalized spacial score (nSPS) is 24.2. The molecule has 1 aliphatic heterocycles. The second kappa shape index (κ2) is 5.33. The molecule has 3 heteroatoms. The Bertz CT molecular complexity index is 476. The maximum atomic E-state index is 12.4. The Hall–Kier alpha value is -1.35. The van der Waals surface area contributed by atoms with Crippen molar-refractivity contribution in [2.24, 2.45) is 5.41 Å². The van der Waals surface area contributed by atoms with Crippen LogP contribution in [0.2, 0.25) is 0 Å². The lowest BCUT2D eigenvalue weighted by Gasteiger charge is -2.25. The number of carbonyl (C=O) groups is 1. The summed E-state index contributed by atoms with van der Waals surface area (Å²) in [6.07, 6.45) is 0.915. The second-order valence-electron chi connectivity index (χ2n) is 6.04. The Morgan fingerprint density at radius 3 is 2.79 bits per heavy atom. The van der Waals surface area contributed by atoms with Gasteiger partial charge in [0.2, 0.25) is 5.91 Å². The highest BCUT2D eigenvalue weighted by molar-refractivity contribution is 5.83. The quantitative estimate of drug-likeness (QED) is 0.876. The summed E-state index contributed by atoms with van der Waals surface area (Å²) in [4.78, 5) is 12.4. The number of amides is 1. The van der Waals surface area contributed by atoms with Crippen molar-refractivity contribution in [2.45, 2.75) is 40.2 Å². The summed E-state index contributed by atoms with van der Waals surface area (Å²) in [5.41, 5.74) is 3.41. The van der Waals surface area contributed by atoms with Gasteiger partial charge < -0.3 is 10.6 Å². The fourth-order valence-corrected chi connectivity index (χ4v) is 2.69. The van der Waals surface area contributed by atoms with Crippen LogP contribution in [0.4, 0.5) is 0 Å². The molecule has 1 aromatic rings. The summed E-state index contributed by atoms with van der Waals surface area (Å²) >= 11 is 0. The maximum Gasteiger partial charge on any atom is 0.227 e. The zero-order chi connectivity index (χ0) is 14.0. The van der Waals surface area contributed by atoms with E-state index in [4.69, 9.17) is 0 Å². The minimum absolute atomic E-state index is 0.0600. The Morgan fingerprint density at radius 2 is 2.16 bits per heavy atom. The molecule has 0 spiro atoms. The van der Waals surface area contributed by atoms with E-state index in [1.54, 1.807) is 0 Å². The summed E-state index contributed by atoms with van der Waals surface area (Å²) in [5.74, 6) is 0.158. The summed E-state index contributed by atoms with van der Waals surface area (Å²) in [5, 5.41) is 6.43. The Balaban J connectivity index is 2.10. The van der Waals surface area contributed by atoms with Crippen LogP contribution in [0, 0.1) is 19.3 Å². The highest BCUT2D eigenvalue weighted by atomic mass is 16.2. The van der Waals surface area contributed by atoms with Gasteiger partial charge in [0.1, 0.15) is 0 Å². The smallest absolute Gasteiger partial charge is 0.227 e. The lowest BCUT2D eigenvalue weighted by molar-refractivity contribution is -0.129. The lowest BCUT2D eigenvalue weighted by Crippen LogP contribution is -2.41. The van der Waals surface area contributed by atoms with Gasteiger partial charge in [0.25, 0.3) is 0 Å². The zero-order valence-corrected chi connectivity index (χ0v) is 12.3. The third-order valence-electron chi connectivity index (χ3n) is 4.17. The van der Waals surface area contributed by atoms with Gasteiger partial charge in [0.05, 0.1) is 11.5 Å². The minimum atomic E-state index is -0.258. The maximum absolute atomic E-state index is 12.4. The van der Waals surface area contributed by atoms with Crippen LogP contribution in [0.5, 0.6) is 0 Å². The molecule has 0 bridgehead atoms. The summed E-state index contributed by atoms with van der Waals surface area (Å²) in [6.45, 7) is 9.99. The minimum Gasteiger partial charge on any atom is -0.349 e. The fraction of sp³-hybridized carbons (Fsp3) is 0.562. The number of hydrogen-bond donors (Lipinski definition) is 2. The first-order chi connectivity index (χ1) is 8.92. The van der Waals surface area contributed by atoms with Gasteiger partial charge in [0.15, 0.2) is 0 Å². The van der Waals surface area contributed by atoms with Crippen molar-refractivity contribution in [3.05, 3.63) is 34.9 Å². The standard InChI is InChI=1S/C16H24N2O/c1-11-5-6-12(2)14(9-11)13(3)18-15(19)16(4)7-8-17-10-16/h5-6,9,13,17H,7-8,10H2,1-4H3,(H,18,19). The molecule has 2 N–H and O–H groups in total. The first kappa shape index (κ1) is 14.1. The second-order valence-corrected chi connectivity index (χ2v) is 6.04. The molecule has 1 saturated heterocycles. The van der Waals surface area contributed by atoms with Crippen molar-refractivity contribution in [1.29, 1.82) is 0 Å². The Kier molecular flexibility index (Phi) is 3.95. The molecule has 2 atom stereocenters. The molecule has 0 aromatic heterocycles. The van der Waals surface area contributed by atoms with Crippen molar-refractivity contribution in [3.63, 3.8) is 0 Å². The SMILES string of the molecule is Cc1ccc(C)c(C(C)NC(=O)C2(C)CCNC2)c1. The molecular weight excluding hydrogens is 236 g/mol. The highest BCUT2D eigenvalue weighted by Gasteiger charge is 2.36. The van der Waals surface area contributed by atoms with Gasteiger partial charge in [-0.15, -0.1) is 0 Å². The molecule has 2 unspecified atom stereocenters. The van der Waals surface area contributed by atoms with Crippen LogP contribution in [0.25, 0.3) is 0 Å². The molecule has 104 valence electrons. The van der Waals surface area contributed by atoms with Crippen molar-refractivity contribution in [1.82, 2.24) is 10.6 Å². The van der Waals surface area contributed by atoms with E-state index in [9.17, 15) is 4.79 Å². The molecule has 2 rings (SSSR count). The number of benzene rings is 1. The van der Waals surface area contributed by atoms with Crippen LogP contribution in [-0.2, 0) is 4.79 Å². The van der Waals surface area contributed by atoms with Crippen molar-refractivity contribution in [2.75, 3.05) is 13.1 Å². The summed E-state index contributed by atoms with van der Waals surface area (Å²) in [7, 11) is 0. The molecule has 0 radical (unpaired) electrons. The van der Waals surface area contributed by atoms with E-state index < -0.39 is 0 Å². The van der Waals surface area contributed by atoms with Gasteiger partial charge in [-0.25, -0.2) is 0 Å². The molecule has 3 nitrogen and oxygen atoms in total. The molecule has 0 aliphatic carbocycles. The zero-order valence-electron chi connectivity index (χ0n) is 12.3. The number of rotatable bonds is 3. The monoisotopic (exact) mass is 260 g/mol. The number of nitrogens with one attached hydrogen (secondary N) is 2. The molecular formula is C16H24N2O. The molecule has 0 saturated carbocycles. The predicted molar refractivity (Wildman–Crippen MR) is 78.1 cm³/mol. The first-order valence-electron chi connectivity index (χ1n) is 7.01. The van der Waals surface area contributed by atoms with Crippen LogP contribution < -0.4 is 10.6 Å². The van der Waals surface area contributed by atoms with Crippen LogP contribution in [0.15, 0.2) is 18.2 Å². The Morgan fingerprint density at radius 1 is 1.42 bits per heavy atom. The largest absolute Gasteiger partial charge is 0.349 e. The van der Waals surface area contributed by atoms with Crippen molar-refractivity contribution >= 4 is 5.91 Å². The van der Waals surface area contributed by atoms with Gasteiger partial charge in [0, 0.05) is 6.54 Å². The average Bonchev–Trinajstić information content (AvgIpc) is 2.80. The van der Waals surface area contributed by atoms with E-state index in [1.165, 1.54) is 16.7 Å². The van der Waals surface area contributed by atoms with Crippen molar-refractivity contribution in [3.8, 4) is 0 Å². The molecule has 1 heterocycles. The van der Waals surface area contributed by atoms with Gasteiger partial charge in [-0.3, -0.25) is 4.79 Å². The molecule has 1 aromatic carbocycles. The summed E-state index contributed by atoms with van der Waals surface area (Å²) < 4.78 is 0. The van der Waals surface area contributed by atoms with E-state index >= 15 is 0 Å². The fourth-order valence-electron chi connectivity index (χ4n) is 2.69. The van der Waals surface area contributed by atoms with E-state index in [2.05, 4.69) is 49.6 Å². The van der Waals surface area contributed by atoms with Gasteiger partial charge >= 0.3 is 0 Å². The topological polar surface area (TPSA) is 41.1 Å². The summed E-state index contributed by atoms with van der Waals surface area (Å²) in [6, 6.07) is 6.45.